The van der Waals surface area contributed by atoms with Crippen LogP contribution in [0.1, 0.15) is 5.69 Å². The summed E-state index contributed by atoms with van der Waals surface area (Å²) in [6.45, 7) is 2.68. The van der Waals surface area contributed by atoms with E-state index in [9.17, 15) is 4.79 Å². The summed E-state index contributed by atoms with van der Waals surface area (Å²) >= 11 is 4.55. The van der Waals surface area contributed by atoms with Crippen LogP contribution in [0.15, 0.2) is 33.0 Å². The first-order valence-electron chi connectivity index (χ1n) is 5.71. The number of thioether (sulfide) groups is 1. The molecule has 0 aromatic carbocycles. The van der Waals surface area contributed by atoms with E-state index >= 15 is 0 Å². The Morgan fingerprint density at radius 2 is 2.26 bits per heavy atom. The molecular formula is C12H11N3OS3. The summed E-state index contributed by atoms with van der Waals surface area (Å²) in [5.41, 5.74) is 1.03. The topological polar surface area (TPSA) is 47.8 Å². The Kier molecular flexibility index (Phi) is 3.67. The molecule has 0 N–H and O–H groups in total. The summed E-state index contributed by atoms with van der Waals surface area (Å²) in [4.78, 5) is 21.3. The fourth-order valence-electron chi connectivity index (χ4n) is 1.79. The Morgan fingerprint density at radius 3 is 3.05 bits per heavy atom. The summed E-state index contributed by atoms with van der Waals surface area (Å²) in [7, 11) is 0. The lowest BCUT2D eigenvalue weighted by Gasteiger charge is -2.04. The molecule has 0 unspecified atom stereocenters. The molecule has 3 heterocycles. The van der Waals surface area contributed by atoms with Crippen LogP contribution in [0.3, 0.4) is 0 Å². The zero-order valence-electron chi connectivity index (χ0n) is 10.2. The number of fused-ring (bicyclic) bond motifs is 1. The monoisotopic (exact) mass is 309 g/mol. The van der Waals surface area contributed by atoms with Gasteiger partial charge in [-0.2, -0.15) is 0 Å². The van der Waals surface area contributed by atoms with Gasteiger partial charge in [-0.05, 0) is 18.4 Å². The van der Waals surface area contributed by atoms with Gasteiger partial charge in [0, 0.05) is 28.8 Å². The minimum Gasteiger partial charge on any atom is -0.303 e. The molecule has 7 heteroatoms. The van der Waals surface area contributed by atoms with Crippen LogP contribution in [-0.2, 0) is 6.54 Å². The second-order valence-corrected chi connectivity index (χ2v) is 6.76. The highest BCUT2D eigenvalue weighted by molar-refractivity contribution is 7.99. The summed E-state index contributed by atoms with van der Waals surface area (Å²) in [6, 6.07) is 2.05. The van der Waals surface area contributed by atoms with Crippen molar-refractivity contribution in [3.05, 3.63) is 38.5 Å². The Labute approximate surface area is 122 Å². The SMILES string of the molecule is Cc1csc(=O)n1CCSc1ncnc2sccc12. The van der Waals surface area contributed by atoms with Gasteiger partial charge in [-0.3, -0.25) is 4.79 Å². The molecular weight excluding hydrogens is 298 g/mol. The maximum atomic E-state index is 11.6. The van der Waals surface area contributed by atoms with Crippen LogP contribution in [0.4, 0.5) is 0 Å². The molecule has 19 heavy (non-hydrogen) atoms. The fraction of sp³-hybridized carbons (Fsp3) is 0.250. The molecule has 0 saturated heterocycles. The van der Waals surface area contributed by atoms with Gasteiger partial charge >= 0.3 is 4.87 Å². The number of aromatic nitrogens is 3. The standard InChI is InChI=1S/C12H11N3OS3/c1-8-6-19-12(16)15(8)3-5-18-11-9-2-4-17-10(9)13-7-14-11/h2,4,6-7H,3,5H2,1H3. The van der Waals surface area contributed by atoms with Crippen LogP contribution in [0, 0.1) is 6.92 Å². The van der Waals surface area contributed by atoms with Crippen LogP contribution in [0.25, 0.3) is 10.2 Å². The number of hydrogen-bond donors (Lipinski definition) is 0. The van der Waals surface area contributed by atoms with Crippen LogP contribution in [-0.4, -0.2) is 20.3 Å². The molecule has 3 aromatic rings. The molecule has 0 fully saturated rings. The van der Waals surface area contributed by atoms with Crippen molar-refractivity contribution in [1.29, 1.82) is 0 Å². The summed E-state index contributed by atoms with van der Waals surface area (Å²) in [5, 5.41) is 6.02. The molecule has 0 atom stereocenters. The number of thiazole rings is 1. The first-order chi connectivity index (χ1) is 9.25. The van der Waals surface area contributed by atoms with E-state index in [-0.39, 0.29) is 4.87 Å². The van der Waals surface area contributed by atoms with E-state index in [0.29, 0.717) is 6.54 Å². The minimum absolute atomic E-state index is 0.112. The Bertz CT molecular complexity index is 759. The Morgan fingerprint density at radius 1 is 1.37 bits per heavy atom. The second kappa shape index (κ2) is 5.44. The normalized spacial score (nSPS) is 11.2. The van der Waals surface area contributed by atoms with E-state index in [1.807, 2.05) is 28.3 Å². The third-order valence-corrected chi connectivity index (χ3v) is 5.44. The molecule has 0 aliphatic carbocycles. The van der Waals surface area contributed by atoms with Crippen LogP contribution < -0.4 is 4.87 Å². The first kappa shape index (κ1) is 12.8. The molecule has 0 radical (unpaired) electrons. The van der Waals surface area contributed by atoms with Gasteiger partial charge < -0.3 is 4.57 Å². The zero-order chi connectivity index (χ0) is 13.2. The molecule has 3 rings (SSSR count). The van der Waals surface area contributed by atoms with Gasteiger partial charge in [0.1, 0.15) is 16.2 Å². The molecule has 0 spiro atoms. The lowest BCUT2D eigenvalue weighted by atomic mass is 10.4. The summed E-state index contributed by atoms with van der Waals surface area (Å²) < 4.78 is 1.81. The van der Waals surface area contributed by atoms with Gasteiger partial charge in [-0.15, -0.1) is 23.1 Å². The van der Waals surface area contributed by atoms with Crippen molar-refractivity contribution in [3.63, 3.8) is 0 Å². The Balaban J connectivity index is 1.73. The highest BCUT2D eigenvalue weighted by atomic mass is 32.2. The van der Waals surface area contributed by atoms with Crippen LogP contribution in [0.2, 0.25) is 0 Å². The second-order valence-electron chi connectivity index (χ2n) is 3.96. The average Bonchev–Trinajstić information content (AvgIpc) is 3.00. The minimum atomic E-state index is 0.112. The van der Waals surface area contributed by atoms with Crippen molar-refractivity contribution in [1.82, 2.24) is 14.5 Å². The van der Waals surface area contributed by atoms with Crippen molar-refractivity contribution in [3.8, 4) is 0 Å². The van der Waals surface area contributed by atoms with E-state index in [0.717, 1.165) is 26.7 Å². The molecule has 0 amide bonds. The third-order valence-electron chi connectivity index (χ3n) is 2.76. The van der Waals surface area contributed by atoms with Crippen LogP contribution in [0.5, 0.6) is 0 Å². The van der Waals surface area contributed by atoms with Crippen molar-refractivity contribution in [2.75, 3.05) is 5.75 Å². The largest absolute Gasteiger partial charge is 0.307 e. The van der Waals surface area contributed by atoms with E-state index in [4.69, 9.17) is 0 Å². The van der Waals surface area contributed by atoms with Crippen molar-refractivity contribution >= 4 is 44.7 Å². The van der Waals surface area contributed by atoms with Crippen LogP contribution >= 0.6 is 34.4 Å². The van der Waals surface area contributed by atoms with Gasteiger partial charge in [0.25, 0.3) is 0 Å². The maximum absolute atomic E-state index is 11.6. The lowest BCUT2D eigenvalue weighted by molar-refractivity contribution is 0.730. The number of thiophene rings is 1. The molecule has 3 aromatic heterocycles. The van der Waals surface area contributed by atoms with Crippen molar-refractivity contribution < 1.29 is 0 Å². The number of nitrogens with zero attached hydrogens (tertiary/aromatic N) is 3. The molecule has 0 saturated carbocycles. The molecule has 98 valence electrons. The first-order valence-corrected chi connectivity index (χ1v) is 8.46. The number of hydrogen-bond acceptors (Lipinski definition) is 6. The third kappa shape index (κ3) is 2.58. The van der Waals surface area contributed by atoms with Gasteiger partial charge in [0.05, 0.1) is 0 Å². The van der Waals surface area contributed by atoms with Crippen molar-refractivity contribution in [2.45, 2.75) is 18.5 Å². The van der Waals surface area contributed by atoms with E-state index in [1.165, 1.54) is 11.3 Å². The quantitative estimate of drug-likeness (QED) is 0.549. The summed E-state index contributed by atoms with van der Waals surface area (Å²) in [6.07, 6.45) is 1.60. The van der Waals surface area contributed by atoms with Gasteiger partial charge in [0.15, 0.2) is 0 Å². The van der Waals surface area contributed by atoms with E-state index in [1.54, 1.807) is 29.4 Å². The predicted octanol–water partition coefficient (Wildman–Crippen LogP) is 3.02. The van der Waals surface area contributed by atoms with Crippen molar-refractivity contribution in [2.24, 2.45) is 0 Å². The summed E-state index contributed by atoms with van der Waals surface area (Å²) in [5.74, 6) is 0.833. The molecule has 0 aliphatic rings. The fourth-order valence-corrected chi connectivity index (χ4v) is 4.26. The zero-order valence-corrected chi connectivity index (χ0v) is 12.6. The predicted molar refractivity (Wildman–Crippen MR) is 81.5 cm³/mol. The number of rotatable bonds is 4. The molecule has 0 aliphatic heterocycles. The van der Waals surface area contributed by atoms with Gasteiger partial charge in [-0.1, -0.05) is 11.3 Å². The lowest BCUT2D eigenvalue weighted by Crippen LogP contribution is -2.15. The smallest absolute Gasteiger partial charge is 0.303 e. The van der Waals surface area contributed by atoms with Gasteiger partial charge in [-0.25, -0.2) is 9.97 Å². The Hall–Kier alpha value is -1.18. The maximum Gasteiger partial charge on any atom is 0.307 e. The highest BCUT2D eigenvalue weighted by Gasteiger charge is 2.07. The molecule has 0 bridgehead atoms. The van der Waals surface area contributed by atoms with E-state index < -0.39 is 0 Å². The average molecular weight is 309 g/mol. The number of aryl methyl sites for hydroxylation is 1. The molecule has 4 nitrogen and oxygen atoms in total. The van der Waals surface area contributed by atoms with Gasteiger partial charge in [0.2, 0.25) is 0 Å². The highest BCUT2D eigenvalue weighted by Crippen LogP contribution is 2.27. The van der Waals surface area contributed by atoms with E-state index in [2.05, 4.69) is 9.97 Å².